The van der Waals surface area contributed by atoms with Crippen molar-refractivity contribution in [1.29, 1.82) is 0 Å². The van der Waals surface area contributed by atoms with Crippen molar-refractivity contribution in [3.8, 4) is 5.75 Å². The molecular formula is C20H24O. The van der Waals surface area contributed by atoms with Gasteiger partial charge < -0.3 is 4.74 Å². The molecule has 2 aliphatic rings. The van der Waals surface area contributed by atoms with Crippen LogP contribution in [0.2, 0.25) is 0 Å². The second kappa shape index (κ2) is 6.34. The normalized spacial score (nSPS) is 22.4. The third-order valence-corrected chi connectivity index (χ3v) is 4.69. The first kappa shape index (κ1) is 14.2. The van der Waals surface area contributed by atoms with Crippen molar-refractivity contribution in [3.63, 3.8) is 0 Å². The van der Waals surface area contributed by atoms with Crippen LogP contribution in [0.4, 0.5) is 0 Å². The highest BCUT2D eigenvalue weighted by Crippen LogP contribution is 2.32. The highest BCUT2D eigenvalue weighted by molar-refractivity contribution is 5.37. The zero-order chi connectivity index (χ0) is 14.7. The highest BCUT2D eigenvalue weighted by atomic mass is 16.5. The molecule has 0 fully saturated rings. The minimum atomic E-state index is 0.667. The zero-order valence-electron chi connectivity index (χ0n) is 13.0. The molecule has 1 aliphatic carbocycles. The lowest BCUT2D eigenvalue weighted by molar-refractivity contribution is 0.272. The minimum absolute atomic E-state index is 0.667. The van der Waals surface area contributed by atoms with Crippen molar-refractivity contribution >= 4 is 0 Å². The van der Waals surface area contributed by atoms with Gasteiger partial charge >= 0.3 is 0 Å². The van der Waals surface area contributed by atoms with Crippen molar-refractivity contribution in [2.75, 3.05) is 6.61 Å². The predicted octanol–water partition coefficient (Wildman–Crippen LogP) is 5.31. The van der Waals surface area contributed by atoms with Crippen molar-refractivity contribution in [2.45, 2.75) is 44.9 Å². The second-order valence-electron chi connectivity index (χ2n) is 6.21. The number of fused-ring (bicyclic) bond motifs is 2. The highest BCUT2D eigenvalue weighted by Gasteiger charge is 2.16. The van der Waals surface area contributed by atoms with E-state index in [0.717, 1.165) is 24.7 Å². The lowest BCUT2D eigenvalue weighted by atomic mass is 9.95. The first-order valence-electron chi connectivity index (χ1n) is 8.05. The van der Waals surface area contributed by atoms with E-state index in [1.165, 1.54) is 18.4 Å². The summed E-state index contributed by atoms with van der Waals surface area (Å²) in [5.41, 5.74) is 4.50. The monoisotopic (exact) mass is 280 g/mol. The number of hydrogen-bond acceptors (Lipinski definition) is 1. The van der Waals surface area contributed by atoms with E-state index in [9.17, 15) is 0 Å². The Hall–Kier alpha value is -1.76. The van der Waals surface area contributed by atoms with Gasteiger partial charge in [0.2, 0.25) is 0 Å². The third kappa shape index (κ3) is 3.12. The number of aryl methyl sites for hydroxylation is 1. The smallest absolute Gasteiger partial charge is 0.122 e. The standard InChI is InChI=1S/C10H12O.C10H12/c1-8-6-7-11-10-5-3-2-4-9(8)10;1-8-6-7-9-4-2-3-5-10(8)9/h2-5,8H,6-7H2,1H3;2-5,8H,6-7H2,1H3. The molecule has 0 saturated heterocycles. The fourth-order valence-corrected chi connectivity index (χ4v) is 3.29. The van der Waals surface area contributed by atoms with E-state index < -0.39 is 0 Å². The van der Waals surface area contributed by atoms with Crippen LogP contribution in [-0.4, -0.2) is 6.61 Å². The summed E-state index contributed by atoms with van der Waals surface area (Å²) in [6.07, 6.45) is 3.79. The maximum absolute atomic E-state index is 5.49. The molecule has 0 spiro atoms. The molecular weight excluding hydrogens is 256 g/mol. The summed E-state index contributed by atoms with van der Waals surface area (Å²) in [5, 5.41) is 0. The van der Waals surface area contributed by atoms with Gasteiger partial charge in [-0.1, -0.05) is 56.3 Å². The van der Waals surface area contributed by atoms with Gasteiger partial charge in [-0.05, 0) is 53.9 Å². The van der Waals surface area contributed by atoms with E-state index in [2.05, 4.69) is 50.2 Å². The van der Waals surface area contributed by atoms with Crippen molar-refractivity contribution < 1.29 is 4.74 Å². The number of rotatable bonds is 0. The van der Waals surface area contributed by atoms with Gasteiger partial charge in [0.1, 0.15) is 5.75 Å². The Morgan fingerprint density at radius 3 is 2.24 bits per heavy atom. The Balaban J connectivity index is 0.000000126. The minimum Gasteiger partial charge on any atom is -0.493 e. The summed E-state index contributed by atoms with van der Waals surface area (Å²) < 4.78 is 5.49. The lowest BCUT2D eigenvalue weighted by Gasteiger charge is -2.22. The van der Waals surface area contributed by atoms with Gasteiger partial charge in [-0.15, -0.1) is 0 Å². The average Bonchev–Trinajstić information content (AvgIpc) is 2.91. The average molecular weight is 280 g/mol. The Labute approximate surface area is 128 Å². The van der Waals surface area contributed by atoms with Crippen LogP contribution < -0.4 is 4.74 Å². The second-order valence-corrected chi connectivity index (χ2v) is 6.21. The molecule has 2 aromatic rings. The van der Waals surface area contributed by atoms with E-state index in [1.54, 1.807) is 11.1 Å². The van der Waals surface area contributed by atoms with E-state index in [4.69, 9.17) is 4.74 Å². The molecule has 2 atom stereocenters. The summed E-state index contributed by atoms with van der Waals surface area (Å²) in [7, 11) is 0. The Kier molecular flexibility index (Phi) is 4.28. The molecule has 1 nitrogen and oxygen atoms in total. The largest absolute Gasteiger partial charge is 0.493 e. The lowest BCUT2D eigenvalue weighted by Crippen LogP contribution is -2.11. The van der Waals surface area contributed by atoms with Gasteiger partial charge in [0.15, 0.2) is 0 Å². The van der Waals surface area contributed by atoms with Gasteiger partial charge in [0.25, 0.3) is 0 Å². The number of benzene rings is 2. The van der Waals surface area contributed by atoms with Crippen LogP contribution in [0, 0.1) is 0 Å². The summed E-state index contributed by atoms with van der Waals surface area (Å²) in [6, 6.07) is 17.1. The van der Waals surface area contributed by atoms with Gasteiger partial charge in [-0.3, -0.25) is 0 Å². The van der Waals surface area contributed by atoms with Gasteiger partial charge in [-0.2, -0.15) is 0 Å². The molecule has 1 heterocycles. The number of ether oxygens (including phenoxy) is 1. The molecule has 1 aliphatic heterocycles. The molecule has 0 N–H and O–H groups in total. The van der Waals surface area contributed by atoms with Crippen LogP contribution >= 0.6 is 0 Å². The molecule has 2 unspecified atom stereocenters. The number of hydrogen-bond donors (Lipinski definition) is 0. The Morgan fingerprint density at radius 2 is 1.48 bits per heavy atom. The number of para-hydroxylation sites is 1. The van der Waals surface area contributed by atoms with E-state index in [-0.39, 0.29) is 0 Å². The van der Waals surface area contributed by atoms with Crippen LogP contribution in [0.5, 0.6) is 5.75 Å². The van der Waals surface area contributed by atoms with Crippen LogP contribution in [0.25, 0.3) is 0 Å². The quantitative estimate of drug-likeness (QED) is 0.635. The van der Waals surface area contributed by atoms with Crippen LogP contribution in [0.3, 0.4) is 0 Å². The summed E-state index contributed by atoms with van der Waals surface area (Å²) in [6.45, 7) is 5.44. The topological polar surface area (TPSA) is 9.23 Å². The molecule has 1 heteroatoms. The van der Waals surface area contributed by atoms with E-state index >= 15 is 0 Å². The molecule has 110 valence electrons. The molecule has 2 aromatic carbocycles. The molecule has 0 amide bonds. The van der Waals surface area contributed by atoms with Crippen molar-refractivity contribution in [1.82, 2.24) is 0 Å². The van der Waals surface area contributed by atoms with Crippen LogP contribution in [0.1, 0.15) is 55.2 Å². The summed E-state index contributed by atoms with van der Waals surface area (Å²) in [5.74, 6) is 2.54. The third-order valence-electron chi connectivity index (χ3n) is 4.69. The Morgan fingerprint density at radius 1 is 0.810 bits per heavy atom. The molecule has 0 bridgehead atoms. The first-order valence-corrected chi connectivity index (χ1v) is 8.05. The fraction of sp³-hybridized carbons (Fsp3) is 0.400. The van der Waals surface area contributed by atoms with Crippen LogP contribution in [0.15, 0.2) is 48.5 Å². The van der Waals surface area contributed by atoms with Crippen molar-refractivity contribution in [2.24, 2.45) is 0 Å². The van der Waals surface area contributed by atoms with Gasteiger partial charge in [-0.25, -0.2) is 0 Å². The summed E-state index contributed by atoms with van der Waals surface area (Å²) >= 11 is 0. The first-order chi connectivity index (χ1) is 10.3. The molecule has 0 saturated carbocycles. The Bertz CT molecular complexity index is 602. The summed E-state index contributed by atoms with van der Waals surface area (Å²) in [4.78, 5) is 0. The van der Waals surface area contributed by atoms with E-state index in [1.807, 2.05) is 12.1 Å². The molecule has 4 rings (SSSR count). The maximum Gasteiger partial charge on any atom is 0.122 e. The fourth-order valence-electron chi connectivity index (χ4n) is 3.29. The molecule has 0 radical (unpaired) electrons. The SMILES string of the molecule is CC1CCOc2ccccc21.CC1CCc2ccccc21. The van der Waals surface area contributed by atoms with Gasteiger partial charge in [0.05, 0.1) is 6.61 Å². The molecule has 21 heavy (non-hydrogen) atoms. The maximum atomic E-state index is 5.49. The van der Waals surface area contributed by atoms with Gasteiger partial charge in [0, 0.05) is 0 Å². The molecule has 0 aromatic heterocycles. The predicted molar refractivity (Wildman–Crippen MR) is 88.1 cm³/mol. The van der Waals surface area contributed by atoms with Crippen molar-refractivity contribution in [3.05, 3.63) is 65.2 Å². The van der Waals surface area contributed by atoms with E-state index in [0.29, 0.717) is 5.92 Å². The zero-order valence-corrected chi connectivity index (χ0v) is 13.0. The van der Waals surface area contributed by atoms with Crippen LogP contribution in [-0.2, 0) is 6.42 Å².